The first-order chi connectivity index (χ1) is 9.83. The Bertz CT molecular complexity index is 578. The molecule has 3 heterocycles. The molecule has 3 rings (SSSR count). The first-order valence-electron chi connectivity index (χ1n) is 6.74. The molecule has 0 aliphatic carbocycles. The monoisotopic (exact) mass is 288 g/mol. The van der Waals surface area contributed by atoms with E-state index in [0.29, 0.717) is 5.13 Å². The number of anilines is 1. The van der Waals surface area contributed by atoms with Gasteiger partial charge in [-0.1, -0.05) is 12.5 Å². The molecule has 0 saturated carbocycles. The van der Waals surface area contributed by atoms with Crippen molar-refractivity contribution in [1.82, 2.24) is 15.3 Å². The summed E-state index contributed by atoms with van der Waals surface area (Å²) in [5.41, 5.74) is 1.61. The molecule has 6 heteroatoms. The molecule has 20 heavy (non-hydrogen) atoms. The Morgan fingerprint density at radius 2 is 2.30 bits per heavy atom. The number of hydrogen-bond acceptors (Lipinski definition) is 5. The first-order valence-corrected chi connectivity index (χ1v) is 7.62. The van der Waals surface area contributed by atoms with E-state index in [0.717, 1.165) is 37.2 Å². The lowest BCUT2D eigenvalue weighted by Gasteiger charge is -2.21. The number of nitrogens with zero attached hydrogens (tertiary/aromatic N) is 2. The molecule has 2 aromatic rings. The molecule has 5 nitrogen and oxygen atoms in total. The van der Waals surface area contributed by atoms with Gasteiger partial charge < -0.3 is 10.6 Å². The van der Waals surface area contributed by atoms with Crippen LogP contribution in [0.1, 0.15) is 19.3 Å². The molecule has 1 aliphatic heterocycles. The van der Waals surface area contributed by atoms with Crippen LogP contribution in [0.4, 0.5) is 5.13 Å². The van der Waals surface area contributed by atoms with Crippen LogP contribution >= 0.6 is 11.3 Å². The third kappa shape index (κ3) is 3.02. The van der Waals surface area contributed by atoms with Crippen LogP contribution in [-0.4, -0.2) is 28.5 Å². The van der Waals surface area contributed by atoms with Crippen LogP contribution in [-0.2, 0) is 4.79 Å². The third-order valence-electron chi connectivity index (χ3n) is 3.29. The minimum atomic E-state index is -0.0917. The van der Waals surface area contributed by atoms with E-state index in [9.17, 15) is 4.79 Å². The third-order valence-corrected chi connectivity index (χ3v) is 4.05. The Labute approximate surface area is 121 Å². The van der Waals surface area contributed by atoms with Gasteiger partial charge in [0, 0.05) is 11.6 Å². The molecule has 1 atom stereocenters. The first kappa shape index (κ1) is 13.2. The summed E-state index contributed by atoms with van der Waals surface area (Å²) in [6.07, 6.45) is 4.87. The molecule has 0 bridgehead atoms. The molecule has 2 N–H and O–H groups in total. The van der Waals surface area contributed by atoms with Crippen LogP contribution < -0.4 is 10.6 Å². The van der Waals surface area contributed by atoms with E-state index < -0.39 is 0 Å². The number of amides is 1. The topological polar surface area (TPSA) is 66.9 Å². The van der Waals surface area contributed by atoms with E-state index in [1.54, 1.807) is 6.20 Å². The van der Waals surface area contributed by atoms with Crippen molar-refractivity contribution in [3.63, 3.8) is 0 Å². The molecule has 1 amide bonds. The largest absolute Gasteiger partial charge is 0.306 e. The van der Waals surface area contributed by atoms with E-state index in [4.69, 9.17) is 0 Å². The van der Waals surface area contributed by atoms with Crippen molar-refractivity contribution in [1.29, 1.82) is 0 Å². The van der Waals surface area contributed by atoms with E-state index in [2.05, 4.69) is 20.6 Å². The van der Waals surface area contributed by atoms with Gasteiger partial charge in [0.2, 0.25) is 5.91 Å². The number of piperidine rings is 1. The van der Waals surface area contributed by atoms with E-state index >= 15 is 0 Å². The zero-order valence-corrected chi connectivity index (χ0v) is 11.8. The maximum Gasteiger partial charge on any atom is 0.243 e. The van der Waals surface area contributed by atoms with Crippen molar-refractivity contribution in [2.45, 2.75) is 25.3 Å². The lowest BCUT2D eigenvalue weighted by Crippen LogP contribution is -2.43. The number of pyridine rings is 1. The van der Waals surface area contributed by atoms with Crippen molar-refractivity contribution < 1.29 is 4.79 Å². The average Bonchev–Trinajstić information content (AvgIpc) is 2.97. The Morgan fingerprint density at radius 3 is 3.05 bits per heavy atom. The maximum absolute atomic E-state index is 12.1. The highest BCUT2D eigenvalue weighted by Gasteiger charge is 2.21. The SMILES string of the molecule is O=C(Nc1nc(-c2ccccn2)cs1)C1CCCCN1. The Morgan fingerprint density at radius 1 is 1.35 bits per heavy atom. The minimum absolute atomic E-state index is 0.00613. The molecule has 1 saturated heterocycles. The number of hydrogen-bond donors (Lipinski definition) is 2. The van der Waals surface area contributed by atoms with Gasteiger partial charge in [0.25, 0.3) is 0 Å². The summed E-state index contributed by atoms with van der Waals surface area (Å²) in [6, 6.07) is 5.61. The van der Waals surface area contributed by atoms with Crippen LogP contribution in [0.3, 0.4) is 0 Å². The molecule has 1 unspecified atom stereocenters. The highest BCUT2D eigenvalue weighted by atomic mass is 32.1. The van der Waals surface area contributed by atoms with Gasteiger partial charge in [0.1, 0.15) is 5.69 Å². The fourth-order valence-electron chi connectivity index (χ4n) is 2.23. The van der Waals surface area contributed by atoms with Gasteiger partial charge in [-0.2, -0.15) is 0 Å². The summed E-state index contributed by atoms with van der Waals surface area (Å²) in [4.78, 5) is 20.8. The second-order valence-electron chi connectivity index (χ2n) is 4.74. The van der Waals surface area contributed by atoms with Gasteiger partial charge in [-0.05, 0) is 31.5 Å². The van der Waals surface area contributed by atoms with Crippen molar-refractivity contribution >= 4 is 22.4 Å². The second kappa shape index (κ2) is 6.11. The van der Waals surface area contributed by atoms with Crippen molar-refractivity contribution in [2.75, 3.05) is 11.9 Å². The lowest BCUT2D eigenvalue weighted by molar-refractivity contribution is -0.118. The number of rotatable bonds is 3. The Kier molecular flexibility index (Phi) is 4.03. The number of carbonyl (C=O) groups excluding carboxylic acids is 1. The summed E-state index contributed by atoms with van der Waals surface area (Å²) in [7, 11) is 0. The van der Waals surface area contributed by atoms with Gasteiger partial charge in [-0.15, -0.1) is 11.3 Å². The van der Waals surface area contributed by atoms with Crippen molar-refractivity contribution in [3.05, 3.63) is 29.8 Å². The molecule has 0 aromatic carbocycles. The number of aromatic nitrogens is 2. The van der Waals surface area contributed by atoms with Crippen LogP contribution in [0, 0.1) is 0 Å². The number of carbonyl (C=O) groups is 1. The highest BCUT2D eigenvalue weighted by Crippen LogP contribution is 2.23. The molecule has 0 spiro atoms. The van der Waals surface area contributed by atoms with Gasteiger partial charge in [0.05, 0.1) is 11.7 Å². The summed E-state index contributed by atoms with van der Waals surface area (Å²) in [5.74, 6) is 0.00613. The fraction of sp³-hybridized carbons (Fsp3) is 0.357. The standard InChI is InChI=1S/C14H16N4OS/c19-13(11-6-2-4-8-16-11)18-14-17-12(9-20-14)10-5-1-3-7-15-10/h1,3,5,7,9,11,16H,2,4,6,8H2,(H,17,18,19). The molecular weight excluding hydrogens is 272 g/mol. The average molecular weight is 288 g/mol. The number of nitrogens with one attached hydrogen (secondary N) is 2. The second-order valence-corrected chi connectivity index (χ2v) is 5.60. The quantitative estimate of drug-likeness (QED) is 0.909. The van der Waals surface area contributed by atoms with E-state index in [1.165, 1.54) is 11.3 Å². The summed E-state index contributed by atoms with van der Waals surface area (Å²) in [6.45, 7) is 0.912. The van der Waals surface area contributed by atoms with Gasteiger partial charge >= 0.3 is 0 Å². The van der Waals surface area contributed by atoms with Gasteiger partial charge in [0.15, 0.2) is 5.13 Å². The lowest BCUT2D eigenvalue weighted by atomic mass is 10.0. The zero-order chi connectivity index (χ0) is 13.8. The van der Waals surface area contributed by atoms with Crippen molar-refractivity contribution in [2.24, 2.45) is 0 Å². The fourth-order valence-corrected chi connectivity index (χ4v) is 2.94. The smallest absolute Gasteiger partial charge is 0.243 e. The van der Waals surface area contributed by atoms with E-state index in [-0.39, 0.29) is 11.9 Å². The molecule has 104 valence electrons. The Hall–Kier alpha value is -1.79. The summed E-state index contributed by atoms with van der Waals surface area (Å²) in [5, 5.41) is 8.65. The Balaban J connectivity index is 1.66. The van der Waals surface area contributed by atoms with Crippen LogP contribution in [0.15, 0.2) is 29.8 Å². The molecule has 1 fully saturated rings. The van der Waals surface area contributed by atoms with Gasteiger partial charge in [-0.25, -0.2) is 4.98 Å². The van der Waals surface area contributed by atoms with Crippen LogP contribution in [0.25, 0.3) is 11.4 Å². The summed E-state index contributed by atoms with van der Waals surface area (Å²) < 4.78 is 0. The highest BCUT2D eigenvalue weighted by molar-refractivity contribution is 7.14. The molecular formula is C14H16N4OS. The molecule has 1 aliphatic rings. The zero-order valence-electron chi connectivity index (χ0n) is 11.0. The van der Waals surface area contributed by atoms with Crippen molar-refractivity contribution in [3.8, 4) is 11.4 Å². The summed E-state index contributed by atoms with van der Waals surface area (Å²) >= 11 is 1.43. The normalized spacial score (nSPS) is 18.7. The van der Waals surface area contributed by atoms with Crippen LogP contribution in [0.5, 0.6) is 0 Å². The van der Waals surface area contributed by atoms with Gasteiger partial charge in [-0.3, -0.25) is 9.78 Å². The number of thiazole rings is 1. The van der Waals surface area contributed by atoms with Crippen LogP contribution in [0.2, 0.25) is 0 Å². The maximum atomic E-state index is 12.1. The predicted octanol–water partition coefficient (Wildman–Crippen LogP) is 2.29. The molecule has 0 radical (unpaired) electrons. The predicted molar refractivity (Wildman–Crippen MR) is 79.6 cm³/mol. The minimum Gasteiger partial charge on any atom is -0.306 e. The van der Waals surface area contributed by atoms with E-state index in [1.807, 2.05) is 23.6 Å². The molecule has 2 aromatic heterocycles.